The van der Waals surface area contributed by atoms with Crippen LogP contribution in [0.15, 0.2) is 22.0 Å². The van der Waals surface area contributed by atoms with Gasteiger partial charge in [0.05, 0.1) is 14.4 Å². The molecular formula is C13H16BrN3S. The number of hydrogen-bond donors (Lipinski definition) is 1. The Hall–Kier alpha value is -0.780. The lowest BCUT2D eigenvalue weighted by molar-refractivity contribution is 0.629. The van der Waals surface area contributed by atoms with Crippen molar-refractivity contribution in [3.8, 4) is 10.6 Å². The third-order valence-electron chi connectivity index (χ3n) is 2.84. The van der Waals surface area contributed by atoms with Crippen LogP contribution in [0.4, 0.5) is 0 Å². The van der Waals surface area contributed by atoms with Gasteiger partial charge in [0.2, 0.25) is 0 Å². The molecule has 3 nitrogen and oxygen atoms in total. The highest BCUT2D eigenvalue weighted by atomic mass is 79.9. The third-order valence-corrected chi connectivity index (χ3v) is 4.49. The van der Waals surface area contributed by atoms with Crippen LogP contribution in [-0.4, -0.2) is 16.5 Å². The molecule has 0 bridgehead atoms. The van der Waals surface area contributed by atoms with Crippen molar-refractivity contribution in [2.45, 2.75) is 26.2 Å². The van der Waals surface area contributed by atoms with Gasteiger partial charge in [-0.05, 0) is 47.5 Å². The van der Waals surface area contributed by atoms with Crippen LogP contribution in [0.3, 0.4) is 0 Å². The fraction of sp³-hybridized carbons (Fsp3) is 0.385. The lowest BCUT2D eigenvalue weighted by Crippen LogP contribution is -2.15. The predicted molar refractivity (Wildman–Crippen MR) is 79.9 cm³/mol. The second-order valence-electron chi connectivity index (χ2n) is 4.20. The number of nitrogens with zero attached hydrogens (tertiary/aromatic N) is 2. The van der Waals surface area contributed by atoms with Crippen LogP contribution in [0.2, 0.25) is 0 Å². The molecule has 0 amide bonds. The van der Waals surface area contributed by atoms with Crippen molar-refractivity contribution in [2.75, 3.05) is 6.54 Å². The molecule has 0 aliphatic rings. The molecule has 0 saturated heterocycles. The largest absolute Gasteiger partial charge is 0.330 e. The van der Waals surface area contributed by atoms with Gasteiger partial charge in [0.15, 0.2) is 0 Å². The Morgan fingerprint density at radius 1 is 1.39 bits per heavy atom. The molecule has 1 atom stereocenters. The summed E-state index contributed by atoms with van der Waals surface area (Å²) in [5.41, 5.74) is 7.75. The maximum atomic E-state index is 5.77. The zero-order chi connectivity index (χ0) is 13.1. The fourth-order valence-corrected chi connectivity index (χ4v) is 3.15. The van der Waals surface area contributed by atoms with Gasteiger partial charge in [-0.2, -0.15) is 0 Å². The molecule has 0 aliphatic heterocycles. The Bertz CT molecular complexity index is 535. The van der Waals surface area contributed by atoms with Crippen molar-refractivity contribution in [3.05, 3.63) is 33.5 Å². The molecule has 0 aliphatic carbocycles. The van der Waals surface area contributed by atoms with E-state index in [1.165, 1.54) is 0 Å². The zero-order valence-corrected chi connectivity index (χ0v) is 12.9. The molecule has 1 unspecified atom stereocenters. The lowest BCUT2D eigenvalue weighted by Gasteiger charge is -2.12. The summed E-state index contributed by atoms with van der Waals surface area (Å²) in [7, 11) is 0. The van der Waals surface area contributed by atoms with Gasteiger partial charge in [-0.1, -0.05) is 6.92 Å². The maximum absolute atomic E-state index is 5.77. The molecule has 18 heavy (non-hydrogen) atoms. The van der Waals surface area contributed by atoms with Crippen LogP contribution >= 0.6 is 27.3 Å². The first kappa shape index (κ1) is 13.6. The average Bonchev–Trinajstić information content (AvgIpc) is 2.77. The second kappa shape index (κ2) is 5.91. The van der Waals surface area contributed by atoms with Crippen molar-refractivity contribution in [1.29, 1.82) is 0 Å². The Morgan fingerprint density at radius 3 is 2.72 bits per heavy atom. The topological polar surface area (TPSA) is 51.8 Å². The second-order valence-corrected chi connectivity index (χ2v) is 6.66. The monoisotopic (exact) mass is 325 g/mol. The van der Waals surface area contributed by atoms with E-state index in [0.717, 1.165) is 32.3 Å². The Balaban J connectivity index is 2.43. The van der Waals surface area contributed by atoms with E-state index in [0.29, 0.717) is 6.54 Å². The Labute approximate surface area is 120 Å². The van der Waals surface area contributed by atoms with Crippen molar-refractivity contribution in [2.24, 2.45) is 5.73 Å². The highest BCUT2D eigenvalue weighted by Crippen LogP contribution is 2.31. The van der Waals surface area contributed by atoms with E-state index < -0.39 is 0 Å². The number of aromatic nitrogens is 2. The van der Waals surface area contributed by atoms with Crippen LogP contribution in [0.5, 0.6) is 0 Å². The minimum Gasteiger partial charge on any atom is -0.330 e. The highest BCUT2D eigenvalue weighted by molar-refractivity contribution is 9.11. The van der Waals surface area contributed by atoms with Gasteiger partial charge in [0, 0.05) is 18.2 Å². The summed E-state index contributed by atoms with van der Waals surface area (Å²) in [4.78, 5) is 10.3. The summed E-state index contributed by atoms with van der Waals surface area (Å²) in [5, 5.41) is 0. The Morgan fingerprint density at radius 2 is 2.17 bits per heavy atom. The van der Waals surface area contributed by atoms with E-state index in [1.807, 2.05) is 19.1 Å². The molecule has 0 aromatic carbocycles. The van der Waals surface area contributed by atoms with Crippen LogP contribution in [-0.2, 0) is 0 Å². The van der Waals surface area contributed by atoms with E-state index in [1.54, 1.807) is 11.3 Å². The van der Waals surface area contributed by atoms with Gasteiger partial charge in [0.25, 0.3) is 0 Å². The van der Waals surface area contributed by atoms with Crippen LogP contribution in [0, 0.1) is 6.92 Å². The average molecular weight is 326 g/mol. The van der Waals surface area contributed by atoms with E-state index in [4.69, 9.17) is 5.73 Å². The third kappa shape index (κ3) is 2.96. The number of thiophene rings is 1. The van der Waals surface area contributed by atoms with Crippen molar-refractivity contribution < 1.29 is 0 Å². The Kier molecular flexibility index (Phi) is 4.48. The first-order valence-electron chi connectivity index (χ1n) is 5.95. The normalized spacial score (nSPS) is 12.7. The molecule has 0 fully saturated rings. The summed E-state index contributed by atoms with van der Waals surface area (Å²) >= 11 is 5.16. The number of aryl methyl sites for hydroxylation is 1. The molecule has 2 aromatic rings. The molecule has 2 rings (SSSR count). The molecule has 0 saturated carbocycles. The number of nitrogens with two attached hydrogens (primary N) is 1. The van der Waals surface area contributed by atoms with Crippen molar-refractivity contribution in [3.63, 3.8) is 0 Å². The summed E-state index contributed by atoms with van der Waals surface area (Å²) < 4.78 is 1.11. The molecule has 2 N–H and O–H groups in total. The molecule has 0 radical (unpaired) electrons. The first-order chi connectivity index (χ1) is 8.63. The lowest BCUT2D eigenvalue weighted by atomic mass is 10.1. The van der Waals surface area contributed by atoms with Crippen LogP contribution in [0.25, 0.3) is 10.6 Å². The van der Waals surface area contributed by atoms with Crippen LogP contribution < -0.4 is 5.73 Å². The fourth-order valence-electron chi connectivity index (χ4n) is 1.81. The summed E-state index contributed by atoms with van der Waals surface area (Å²) in [6, 6.07) is 6.13. The van der Waals surface area contributed by atoms with Crippen LogP contribution in [0.1, 0.15) is 30.8 Å². The van der Waals surface area contributed by atoms with Gasteiger partial charge in [-0.25, -0.2) is 9.97 Å². The minimum absolute atomic E-state index is 0.243. The van der Waals surface area contributed by atoms with E-state index in [9.17, 15) is 0 Å². The summed E-state index contributed by atoms with van der Waals surface area (Å²) in [5.74, 6) is 1.10. The molecule has 0 spiro atoms. The SMILES string of the molecule is CCC(CN)c1nc(C)cc(-c2ccc(Br)s2)n1. The predicted octanol–water partition coefficient (Wildman–Crippen LogP) is 3.73. The first-order valence-corrected chi connectivity index (χ1v) is 7.56. The van der Waals surface area contributed by atoms with Gasteiger partial charge in [-0.15, -0.1) is 11.3 Å². The van der Waals surface area contributed by atoms with Crippen molar-refractivity contribution >= 4 is 27.3 Å². The van der Waals surface area contributed by atoms with E-state index >= 15 is 0 Å². The van der Waals surface area contributed by atoms with Gasteiger partial charge < -0.3 is 5.73 Å². The highest BCUT2D eigenvalue weighted by Gasteiger charge is 2.13. The van der Waals surface area contributed by atoms with Crippen molar-refractivity contribution in [1.82, 2.24) is 9.97 Å². The van der Waals surface area contributed by atoms with E-state index in [2.05, 4.69) is 38.9 Å². The number of hydrogen-bond acceptors (Lipinski definition) is 4. The standard InChI is InChI=1S/C13H16BrN3S/c1-3-9(7-15)13-16-8(2)6-10(17-13)11-4-5-12(14)18-11/h4-6,9H,3,7,15H2,1-2H3. The summed E-state index contributed by atoms with van der Waals surface area (Å²) in [6.07, 6.45) is 0.966. The maximum Gasteiger partial charge on any atom is 0.133 e. The van der Waals surface area contributed by atoms with Gasteiger partial charge in [0.1, 0.15) is 5.82 Å². The molecular weight excluding hydrogens is 310 g/mol. The van der Waals surface area contributed by atoms with Gasteiger partial charge in [-0.3, -0.25) is 0 Å². The smallest absolute Gasteiger partial charge is 0.133 e. The molecule has 2 aromatic heterocycles. The molecule has 5 heteroatoms. The molecule has 96 valence electrons. The molecule has 2 heterocycles. The zero-order valence-electron chi connectivity index (χ0n) is 10.5. The quantitative estimate of drug-likeness (QED) is 0.931. The van der Waals surface area contributed by atoms with Gasteiger partial charge >= 0.3 is 0 Å². The van der Waals surface area contributed by atoms with E-state index in [-0.39, 0.29) is 5.92 Å². The number of halogens is 1. The minimum atomic E-state index is 0.243. The summed E-state index contributed by atoms with van der Waals surface area (Å²) in [6.45, 7) is 4.71. The number of rotatable bonds is 4.